The van der Waals surface area contributed by atoms with Gasteiger partial charge in [0.25, 0.3) is 0 Å². The first-order chi connectivity index (χ1) is 8.22. The third kappa shape index (κ3) is 2.98. The summed E-state index contributed by atoms with van der Waals surface area (Å²) < 4.78 is 0.922. The number of amides is 1. The third-order valence-electron chi connectivity index (χ3n) is 2.92. The molecule has 4 nitrogen and oxygen atoms in total. The Kier molecular flexibility index (Phi) is 3.08. The second kappa shape index (κ2) is 4.57. The molecule has 2 fully saturated rings. The summed E-state index contributed by atoms with van der Waals surface area (Å²) >= 11 is 3.16. The van der Waals surface area contributed by atoms with Crippen molar-refractivity contribution >= 4 is 29.0 Å². The molecule has 1 atom stereocenters. The van der Waals surface area contributed by atoms with Crippen LogP contribution in [-0.4, -0.2) is 27.4 Å². The van der Waals surface area contributed by atoms with E-state index in [2.05, 4.69) is 15.5 Å². The summed E-state index contributed by atoms with van der Waals surface area (Å²) in [6.07, 6.45) is 4.76. The van der Waals surface area contributed by atoms with Crippen LogP contribution >= 0.6 is 23.1 Å². The molecule has 2 saturated carbocycles. The smallest absolute Gasteiger partial charge is 0.233 e. The van der Waals surface area contributed by atoms with Gasteiger partial charge in [-0.3, -0.25) is 4.79 Å². The number of hydrogen-bond donors (Lipinski definition) is 1. The van der Waals surface area contributed by atoms with Gasteiger partial charge in [0, 0.05) is 12.0 Å². The van der Waals surface area contributed by atoms with Crippen molar-refractivity contribution in [3.05, 3.63) is 5.01 Å². The molecule has 0 saturated heterocycles. The van der Waals surface area contributed by atoms with Gasteiger partial charge in [0.2, 0.25) is 5.91 Å². The molecule has 0 aromatic carbocycles. The maximum atomic E-state index is 11.8. The average Bonchev–Trinajstić information content (AvgIpc) is 3.21. The van der Waals surface area contributed by atoms with Gasteiger partial charge < -0.3 is 5.32 Å². The summed E-state index contributed by atoms with van der Waals surface area (Å²) in [6, 6.07) is 0.432. The van der Waals surface area contributed by atoms with Gasteiger partial charge in [-0.15, -0.1) is 10.2 Å². The summed E-state index contributed by atoms with van der Waals surface area (Å²) in [6.45, 7) is 1.93. The molecule has 0 radical (unpaired) electrons. The maximum Gasteiger partial charge on any atom is 0.233 e. The predicted molar refractivity (Wildman–Crippen MR) is 68.4 cm³/mol. The summed E-state index contributed by atoms with van der Waals surface area (Å²) in [4.78, 5) is 11.8. The molecule has 1 aromatic heterocycles. The van der Waals surface area contributed by atoms with E-state index < -0.39 is 0 Å². The van der Waals surface area contributed by atoms with Crippen LogP contribution in [0.4, 0.5) is 0 Å². The van der Waals surface area contributed by atoms with Crippen LogP contribution in [0.5, 0.6) is 0 Å². The van der Waals surface area contributed by atoms with E-state index in [0.717, 1.165) is 22.2 Å². The van der Waals surface area contributed by atoms with E-state index in [-0.39, 0.29) is 11.2 Å². The number of carbonyl (C=O) groups excluding carboxylic acids is 1. The zero-order valence-corrected chi connectivity index (χ0v) is 11.3. The first kappa shape index (κ1) is 11.5. The maximum absolute atomic E-state index is 11.8. The summed E-state index contributed by atoms with van der Waals surface area (Å²) in [7, 11) is 0. The zero-order chi connectivity index (χ0) is 11.8. The van der Waals surface area contributed by atoms with Crippen molar-refractivity contribution in [1.29, 1.82) is 0 Å². The molecule has 1 N–H and O–H groups in total. The Balaban J connectivity index is 1.54. The highest BCUT2D eigenvalue weighted by Gasteiger charge is 2.29. The Morgan fingerprint density at radius 3 is 2.82 bits per heavy atom. The Hall–Kier alpha value is -0.620. The minimum atomic E-state index is -0.0735. The summed E-state index contributed by atoms with van der Waals surface area (Å²) in [5, 5.41) is 12.4. The normalized spacial score (nSPS) is 21.2. The standard InChI is InChI=1S/C11H15N3OS2/c1-6(9(15)12-8-4-5-8)16-11-14-13-10(17-11)7-2-3-7/h6-8H,2-5H2,1H3,(H,12,15). The van der Waals surface area contributed by atoms with E-state index in [1.165, 1.54) is 24.6 Å². The van der Waals surface area contributed by atoms with Crippen molar-refractivity contribution in [3.63, 3.8) is 0 Å². The third-order valence-corrected chi connectivity index (χ3v) is 5.19. The molecule has 0 aliphatic heterocycles. The van der Waals surface area contributed by atoms with Crippen LogP contribution in [0.1, 0.15) is 43.5 Å². The Morgan fingerprint density at radius 2 is 2.18 bits per heavy atom. The monoisotopic (exact) mass is 269 g/mol. The quantitative estimate of drug-likeness (QED) is 0.832. The van der Waals surface area contributed by atoms with E-state index in [4.69, 9.17) is 0 Å². The lowest BCUT2D eigenvalue weighted by atomic mass is 10.4. The van der Waals surface area contributed by atoms with Crippen molar-refractivity contribution < 1.29 is 4.79 Å². The van der Waals surface area contributed by atoms with E-state index in [0.29, 0.717) is 12.0 Å². The first-order valence-electron chi connectivity index (χ1n) is 6.03. The van der Waals surface area contributed by atoms with Crippen LogP contribution in [0, 0.1) is 0 Å². The Labute approximate surface area is 109 Å². The van der Waals surface area contributed by atoms with E-state index in [9.17, 15) is 4.79 Å². The number of carbonyl (C=O) groups is 1. The predicted octanol–water partition coefficient (Wildman–Crippen LogP) is 2.17. The lowest BCUT2D eigenvalue weighted by Gasteiger charge is -2.08. The number of nitrogens with zero attached hydrogens (tertiary/aromatic N) is 2. The summed E-state index contributed by atoms with van der Waals surface area (Å²) in [5.74, 6) is 0.776. The molecule has 1 unspecified atom stereocenters. The topological polar surface area (TPSA) is 54.9 Å². The van der Waals surface area contributed by atoms with Gasteiger partial charge in [-0.05, 0) is 32.6 Å². The first-order valence-corrected chi connectivity index (χ1v) is 7.72. The van der Waals surface area contributed by atoms with Crippen LogP contribution in [0.15, 0.2) is 4.34 Å². The van der Waals surface area contributed by atoms with Crippen LogP contribution in [0.25, 0.3) is 0 Å². The molecule has 0 bridgehead atoms. The van der Waals surface area contributed by atoms with Crippen LogP contribution in [-0.2, 0) is 4.79 Å². The molecule has 17 heavy (non-hydrogen) atoms. The highest BCUT2D eigenvalue weighted by molar-refractivity contribution is 8.02. The fourth-order valence-electron chi connectivity index (χ4n) is 1.51. The lowest BCUT2D eigenvalue weighted by molar-refractivity contribution is -0.120. The van der Waals surface area contributed by atoms with Crippen molar-refractivity contribution in [2.45, 2.75) is 54.2 Å². The molecule has 0 spiro atoms. The molecular formula is C11H15N3OS2. The molecule has 1 amide bonds. The van der Waals surface area contributed by atoms with Crippen molar-refractivity contribution in [3.8, 4) is 0 Å². The number of hydrogen-bond acceptors (Lipinski definition) is 5. The lowest BCUT2D eigenvalue weighted by Crippen LogP contribution is -2.32. The van der Waals surface area contributed by atoms with Gasteiger partial charge >= 0.3 is 0 Å². The van der Waals surface area contributed by atoms with Crippen molar-refractivity contribution in [2.24, 2.45) is 0 Å². The van der Waals surface area contributed by atoms with Crippen molar-refractivity contribution in [2.75, 3.05) is 0 Å². The molecule has 6 heteroatoms. The van der Waals surface area contributed by atoms with Gasteiger partial charge in [0.05, 0.1) is 5.25 Å². The number of nitrogens with one attached hydrogen (secondary N) is 1. The van der Waals surface area contributed by atoms with Gasteiger partial charge in [0.15, 0.2) is 4.34 Å². The second-order valence-corrected chi connectivity index (χ2v) is 7.32. The van der Waals surface area contributed by atoms with E-state index in [1.807, 2.05) is 6.92 Å². The molecular weight excluding hydrogens is 254 g/mol. The van der Waals surface area contributed by atoms with Gasteiger partial charge in [-0.1, -0.05) is 23.1 Å². The van der Waals surface area contributed by atoms with Crippen LogP contribution in [0.2, 0.25) is 0 Å². The number of rotatable bonds is 5. The van der Waals surface area contributed by atoms with Crippen LogP contribution in [0.3, 0.4) is 0 Å². The fourth-order valence-corrected chi connectivity index (χ4v) is 3.71. The fraction of sp³-hybridized carbons (Fsp3) is 0.727. The zero-order valence-electron chi connectivity index (χ0n) is 9.68. The van der Waals surface area contributed by atoms with Crippen molar-refractivity contribution in [1.82, 2.24) is 15.5 Å². The molecule has 3 rings (SSSR count). The molecule has 92 valence electrons. The molecule has 1 aromatic rings. The van der Waals surface area contributed by atoms with E-state index >= 15 is 0 Å². The molecule has 2 aliphatic carbocycles. The molecule has 2 aliphatic rings. The van der Waals surface area contributed by atoms with Gasteiger partial charge in [0.1, 0.15) is 5.01 Å². The van der Waals surface area contributed by atoms with Crippen LogP contribution < -0.4 is 5.32 Å². The highest BCUT2D eigenvalue weighted by Crippen LogP contribution is 2.42. The Morgan fingerprint density at radius 1 is 1.41 bits per heavy atom. The second-order valence-electron chi connectivity index (χ2n) is 4.72. The number of thioether (sulfide) groups is 1. The molecule has 1 heterocycles. The highest BCUT2D eigenvalue weighted by atomic mass is 32.2. The minimum absolute atomic E-state index is 0.0735. The van der Waals surface area contributed by atoms with Gasteiger partial charge in [-0.25, -0.2) is 0 Å². The van der Waals surface area contributed by atoms with Gasteiger partial charge in [-0.2, -0.15) is 0 Å². The average molecular weight is 269 g/mol. The minimum Gasteiger partial charge on any atom is -0.352 e. The Bertz CT molecular complexity index is 426. The van der Waals surface area contributed by atoms with E-state index in [1.54, 1.807) is 11.3 Å². The number of aromatic nitrogens is 2. The SMILES string of the molecule is CC(Sc1nnc(C2CC2)s1)C(=O)NC1CC1. The summed E-state index contributed by atoms with van der Waals surface area (Å²) in [5.41, 5.74) is 0. The largest absolute Gasteiger partial charge is 0.352 e.